The van der Waals surface area contributed by atoms with Gasteiger partial charge in [-0.05, 0) is 44.3 Å². The highest BCUT2D eigenvalue weighted by atomic mass is 32.1. The minimum Gasteiger partial charge on any atom is -0.478 e. The van der Waals surface area contributed by atoms with Crippen molar-refractivity contribution in [3.63, 3.8) is 0 Å². The second kappa shape index (κ2) is 4.51. The Kier molecular flexibility index (Phi) is 2.99. The van der Waals surface area contributed by atoms with Gasteiger partial charge >= 0.3 is 5.97 Å². The van der Waals surface area contributed by atoms with E-state index < -0.39 is 5.97 Å². The summed E-state index contributed by atoms with van der Waals surface area (Å²) < 4.78 is 4.15. The van der Waals surface area contributed by atoms with Crippen molar-refractivity contribution in [3.05, 3.63) is 11.3 Å². The molecule has 1 aromatic rings. The fourth-order valence-electron chi connectivity index (χ4n) is 3.14. The number of nitrogens with one attached hydrogen (secondary N) is 1. The molecule has 2 aliphatic rings. The molecule has 2 fully saturated rings. The summed E-state index contributed by atoms with van der Waals surface area (Å²) in [6.07, 6.45) is 3.58. The Morgan fingerprint density at radius 3 is 3.11 bits per heavy atom. The Labute approximate surface area is 110 Å². The number of carboxylic acid groups (broad SMARTS) is 1. The number of aromatic nitrogens is 1. The minimum absolute atomic E-state index is 0.344. The molecule has 2 aliphatic heterocycles. The maximum absolute atomic E-state index is 11.2. The molecule has 2 N–H and O–H groups in total. The zero-order valence-electron chi connectivity index (χ0n) is 10.3. The molecule has 18 heavy (non-hydrogen) atoms. The van der Waals surface area contributed by atoms with Crippen LogP contribution in [-0.2, 0) is 0 Å². The van der Waals surface area contributed by atoms with Crippen molar-refractivity contribution in [2.45, 2.75) is 38.3 Å². The Bertz CT molecular complexity index is 474. The van der Waals surface area contributed by atoms with E-state index in [0.29, 0.717) is 23.3 Å². The Hall–Kier alpha value is -1.14. The van der Waals surface area contributed by atoms with Gasteiger partial charge in [0.25, 0.3) is 0 Å². The SMILES string of the molecule is Cc1nsc(NC2CCN3CCCC23)c1C(=O)O. The van der Waals surface area contributed by atoms with Crippen molar-refractivity contribution in [2.75, 3.05) is 18.4 Å². The van der Waals surface area contributed by atoms with Crippen LogP contribution in [0.3, 0.4) is 0 Å². The molecule has 3 heterocycles. The van der Waals surface area contributed by atoms with Crippen molar-refractivity contribution in [3.8, 4) is 0 Å². The molecule has 0 spiro atoms. The van der Waals surface area contributed by atoms with Gasteiger partial charge in [-0.15, -0.1) is 0 Å². The van der Waals surface area contributed by atoms with Crippen LogP contribution in [0.25, 0.3) is 0 Å². The van der Waals surface area contributed by atoms with Crippen molar-refractivity contribution in [1.29, 1.82) is 0 Å². The number of carboxylic acids is 1. The van der Waals surface area contributed by atoms with E-state index in [1.165, 1.54) is 30.9 Å². The monoisotopic (exact) mass is 267 g/mol. The molecule has 2 saturated heterocycles. The number of aromatic carboxylic acids is 1. The van der Waals surface area contributed by atoms with E-state index in [4.69, 9.17) is 0 Å². The van der Waals surface area contributed by atoms with Gasteiger partial charge in [-0.3, -0.25) is 4.90 Å². The third-order valence-corrected chi connectivity index (χ3v) is 4.87. The van der Waals surface area contributed by atoms with Gasteiger partial charge in [0.15, 0.2) is 0 Å². The second-order valence-electron chi connectivity index (χ2n) is 5.06. The lowest BCUT2D eigenvalue weighted by Gasteiger charge is -2.21. The molecule has 2 atom stereocenters. The third kappa shape index (κ3) is 1.89. The average Bonchev–Trinajstić information content (AvgIpc) is 2.96. The smallest absolute Gasteiger partial charge is 0.340 e. The standard InChI is InChI=1S/C12H17N3O2S/c1-7-10(12(16)17)11(18-14-7)13-8-4-6-15-5-2-3-9(8)15/h8-9,13H,2-6H2,1H3,(H,16,17). The van der Waals surface area contributed by atoms with Gasteiger partial charge in [-0.25, -0.2) is 4.79 Å². The van der Waals surface area contributed by atoms with Gasteiger partial charge in [-0.1, -0.05) is 0 Å². The quantitative estimate of drug-likeness (QED) is 0.874. The summed E-state index contributed by atoms with van der Waals surface area (Å²) in [5.41, 5.74) is 0.952. The summed E-state index contributed by atoms with van der Waals surface area (Å²) >= 11 is 1.27. The van der Waals surface area contributed by atoms with Gasteiger partial charge in [-0.2, -0.15) is 4.37 Å². The molecule has 0 bridgehead atoms. The molecule has 0 radical (unpaired) electrons. The average molecular weight is 267 g/mol. The summed E-state index contributed by atoms with van der Waals surface area (Å²) in [6, 6.07) is 0.958. The van der Waals surface area contributed by atoms with Crippen LogP contribution in [0.2, 0.25) is 0 Å². The van der Waals surface area contributed by atoms with Crippen LogP contribution < -0.4 is 5.32 Å². The molecule has 3 rings (SSSR count). The van der Waals surface area contributed by atoms with Crippen LogP contribution in [0.5, 0.6) is 0 Å². The van der Waals surface area contributed by atoms with Gasteiger partial charge < -0.3 is 10.4 Å². The van der Waals surface area contributed by atoms with E-state index >= 15 is 0 Å². The fraction of sp³-hybridized carbons (Fsp3) is 0.667. The van der Waals surface area contributed by atoms with Gasteiger partial charge in [0, 0.05) is 18.6 Å². The first kappa shape index (κ1) is 11.9. The largest absolute Gasteiger partial charge is 0.478 e. The molecule has 6 heteroatoms. The normalized spacial score (nSPS) is 27.4. The zero-order chi connectivity index (χ0) is 12.7. The predicted molar refractivity (Wildman–Crippen MR) is 70.4 cm³/mol. The topological polar surface area (TPSA) is 65.5 Å². The first-order valence-electron chi connectivity index (χ1n) is 6.37. The predicted octanol–water partition coefficient (Wildman–Crippen LogP) is 1.80. The van der Waals surface area contributed by atoms with Crippen LogP contribution in [-0.4, -0.2) is 45.5 Å². The lowest BCUT2D eigenvalue weighted by atomic mass is 10.1. The van der Waals surface area contributed by atoms with Gasteiger partial charge in [0.2, 0.25) is 0 Å². The van der Waals surface area contributed by atoms with Crippen LogP contribution in [0.4, 0.5) is 5.00 Å². The first-order valence-corrected chi connectivity index (χ1v) is 7.14. The van der Waals surface area contributed by atoms with E-state index in [-0.39, 0.29) is 0 Å². The molecule has 0 aliphatic carbocycles. The number of hydrogen-bond acceptors (Lipinski definition) is 5. The molecule has 2 unspecified atom stereocenters. The highest BCUT2D eigenvalue weighted by Crippen LogP contribution is 2.33. The molecule has 5 nitrogen and oxygen atoms in total. The van der Waals surface area contributed by atoms with Gasteiger partial charge in [0.05, 0.1) is 5.69 Å². The van der Waals surface area contributed by atoms with Crippen LogP contribution in [0, 0.1) is 6.92 Å². The lowest BCUT2D eigenvalue weighted by Crippen LogP contribution is -2.33. The van der Waals surface area contributed by atoms with Crippen LogP contribution in [0.15, 0.2) is 0 Å². The Balaban J connectivity index is 1.79. The van der Waals surface area contributed by atoms with Crippen molar-refractivity contribution in [1.82, 2.24) is 9.27 Å². The molecule has 0 aromatic carbocycles. The summed E-state index contributed by atoms with van der Waals surface area (Å²) in [7, 11) is 0. The molecule has 1 aromatic heterocycles. The number of anilines is 1. The van der Waals surface area contributed by atoms with Crippen LogP contribution in [0.1, 0.15) is 35.3 Å². The number of aryl methyl sites for hydroxylation is 1. The summed E-state index contributed by atoms with van der Waals surface area (Å²) in [6.45, 7) is 4.07. The summed E-state index contributed by atoms with van der Waals surface area (Å²) in [4.78, 5) is 13.7. The van der Waals surface area contributed by atoms with E-state index in [9.17, 15) is 9.90 Å². The number of rotatable bonds is 3. The van der Waals surface area contributed by atoms with E-state index in [2.05, 4.69) is 14.6 Å². The summed E-state index contributed by atoms with van der Waals surface area (Å²) in [5, 5.41) is 13.4. The number of nitrogens with zero attached hydrogens (tertiary/aromatic N) is 2. The number of hydrogen-bond donors (Lipinski definition) is 2. The maximum atomic E-state index is 11.2. The third-order valence-electron chi connectivity index (χ3n) is 4.00. The van der Waals surface area contributed by atoms with Crippen molar-refractivity contribution in [2.24, 2.45) is 0 Å². The van der Waals surface area contributed by atoms with Crippen LogP contribution >= 0.6 is 11.5 Å². The second-order valence-corrected chi connectivity index (χ2v) is 5.84. The Morgan fingerprint density at radius 1 is 1.50 bits per heavy atom. The number of fused-ring (bicyclic) bond motifs is 1. The summed E-state index contributed by atoms with van der Waals surface area (Å²) in [5.74, 6) is -0.884. The highest BCUT2D eigenvalue weighted by molar-refractivity contribution is 7.10. The molecule has 0 saturated carbocycles. The van der Waals surface area contributed by atoms with E-state index in [1.54, 1.807) is 6.92 Å². The fourth-order valence-corrected chi connectivity index (χ4v) is 3.99. The molecular weight excluding hydrogens is 250 g/mol. The van der Waals surface area contributed by atoms with Gasteiger partial charge in [0.1, 0.15) is 10.6 Å². The first-order chi connectivity index (χ1) is 8.66. The van der Waals surface area contributed by atoms with Crippen molar-refractivity contribution >= 4 is 22.5 Å². The maximum Gasteiger partial charge on any atom is 0.340 e. The molecular formula is C12H17N3O2S. The van der Waals surface area contributed by atoms with E-state index in [1.807, 2.05) is 0 Å². The van der Waals surface area contributed by atoms with E-state index in [0.717, 1.165) is 18.0 Å². The number of carbonyl (C=O) groups is 1. The molecule has 98 valence electrons. The molecule has 0 amide bonds. The lowest BCUT2D eigenvalue weighted by molar-refractivity contribution is 0.0697. The highest BCUT2D eigenvalue weighted by Gasteiger charge is 2.37. The minimum atomic E-state index is -0.884. The Morgan fingerprint density at radius 2 is 2.33 bits per heavy atom. The zero-order valence-corrected chi connectivity index (χ0v) is 11.2. The van der Waals surface area contributed by atoms with Crippen molar-refractivity contribution < 1.29 is 9.90 Å².